The van der Waals surface area contributed by atoms with Gasteiger partial charge in [0.25, 0.3) is 11.8 Å². The van der Waals surface area contributed by atoms with Gasteiger partial charge in [-0.3, -0.25) is 25.2 Å². The summed E-state index contributed by atoms with van der Waals surface area (Å²) in [6.45, 7) is 1.89. The Labute approximate surface area is 160 Å². The molecular weight excluding hydrogens is 372 g/mol. The molecule has 3 rings (SSSR count). The maximum Gasteiger partial charge on any atom is 0.273 e. The third-order valence-electron chi connectivity index (χ3n) is 5.24. The van der Waals surface area contributed by atoms with Crippen LogP contribution in [0.1, 0.15) is 49.4 Å². The zero-order valence-electron chi connectivity index (χ0n) is 15.5. The monoisotopic (exact) mass is 395 g/mol. The van der Waals surface area contributed by atoms with Crippen molar-refractivity contribution in [1.29, 1.82) is 0 Å². The number of pyridine rings is 1. The van der Waals surface area contributed by atoms with Gasteiger partial charge in [-0.2, -0.15) is 0 Å². The quantitative estimate of drug-likeness (QED) is 0.454. The minimum absolute atomic E-state index is 0.109. The fourth-order valence-electron chi connectivity index (χ4n) is 3.46. The predicted molar refractivity (Wildman–Crippen MR) is 96.4 cm³/mol. The van der Waals surface area contributed by atoms with E-state index in [0.29, 0.717) is 25.8 Å². The van der Waals surface area contributed by atoms with E-state index in [2.05, 4.69) is 26.5 Å². The fraction of sp³-hybridized carbons (Fsp3) is 0.556. The Hall–Kier alpha value is -2.78. The van der Waals surface area contributed by atoms with Crippen molar-refractivity contribution < 1.29 is 23.2 Å². The lowest BCUT2D eigenvalue weighted by molar-refractivity contribution is -0.140. The van der Waals surface area contributed by atoms with Crippen LogP contribution in [0.2, 0.25) is 0 Å². The van der Waals surface area contributed by atoms with Crippen molar-refractivity contribution in [3.05, 3.63) is 23.9 Å². The number of amides is 3. The lowest BCUT2D eigenvalue weighted by atomic mass is 9.88. The Morgan fingerprint density at radius 2 is 2.07 bits per heavy atom. The summed E-state index contributed by atoms with van der Waals surface area (Å²) in [4.78, 5) is 40.7. The highest BCUT2D eigenvalue weighted by atomic mass is 19.3. The number of halogens is 2. The van der Waals surface area contributed by atoms with Gasteiger partial charge in [-0.15, -0.1) is 0 Å². The van der Waals surface area contributed by atoms with Crippen LogP contribution in [0.15, 0.2) is 18.3 Å². The molecule has 1 aromatic heterocycles. The largest absolute Gasteiger partial charge is 0.366 e. The van der Waals surface area contributed by atoms with Gasteiger partial charge < -0.3 is 10.6 Å². The van der Waals surface area contributed by atoms with Gasteiger partial charge in [0, 0.05) is 31.6 Å². The number of nitrogens with one attached hydrogen (secondary N) is 4. The van der Waals surface area contributed by atoms with Crippen LogP contribution in [0.3, 0.4) is 0 Å². The zero-order valence-corrected chi connectivity index (χ0v) is 15.5. The third kappa shape index (κ3) is 4.20. The van der Waals surface area contributed by atoms with E-state index in [1.54, 1.807) is 0 Å². The molecule has 1 aliphatic carbocycles. The molecule has 2 heterocycles. The highest BCUT2D eigenvalue weighted by Gasteiger charge is 2.45. The van der Waals surface area contributed by atoms with Gasteiger partial charge in [-0.25, -0.2) is 13.8 Å². The number of hydrogen-bond donors (Lipinski definition) is 4. The highest BCUT2D eigenvalue weighted by molar-refractivity contribution is 6.07. The summed E-state index contributed by atoms with van der Waals surface area (Å²) in [5, 5.41) is 5.49. The number of carbonyl (C=O) groups excluding carboxylic acids is 3. The van der Waals surface area contributed by atoms with E-state index in [1.807, 2.05) is 0 Å². The van der Waals surface area contributed by atoms with Crippen molar-refractivity contribution in [1.82, 2.24) is 21.2 Å². The number of aromatic nitrogens is 1. The van der Waals surface area contributed by atoms with Crippen LogP contribution >= 0.6 is 0 Å². The Kier molecular flexibility index (Phi) is 5.48. The van der Waals surface area contributed by atoms with Crippen LogP contribution in [0.25, 0.3) is 0 Å². The lowest BCUT2D eigenvalue weighted by Gasteiger charge is -2.30. The molecule has 1 saturated carbocycles. The topological polar surface area (TPSA) is 112 Å². The maximum atomic E-state index is 13.6. The summed E-state index contributed by atoms with van der Waals surface area (Å²) in [7, 11) is 0. The van der Waals surface area contributed by atoms with Gasteiger partial charge in [-0.1, -0.05) is 0 Å². The predicted octanol–water partition coefficient (Wildman–Crippen LogP) is 1.36. The second kappa shape index (κ2) is 7.69. The first-order valence-corrected chi connectivity index (χ1v) is 9.20. The summed E-state index contributed by atoms with van der Waals surface area (Å²) >= 11 is 0. The smallest absolute Gasteiger partial charge is 0.273 e. The molecule has 3 amide bonds. The Morgan fingerprint density at radius 1 is 1.29 bits per heavy atom. The molecule has 28 heavy (non-hydrogen) atoms. The summed E-state index contributed by atoms with van der Waals surface area (Å²) in [5.74, 6) is -4.25. The second-order valence-electron chi connectivity index (χ2n) is 7.44. The molecule has 152 valence electrons. The van der Waals surface area contributed by atoms with Crippen molar-refractivity contribution in [3.63, 3.8) is 0 Å². The first-order chi connectivity index (χ1) is 13.2. The average Bonchev–Trinajstić information content (AvgIpc) is 2.99. The molecule has 4 N–H and O–H groups in total. The Balaban J connectivity index is 1.64. The number of hydrogen-bond acceptors (Lipinski definition) is 5. The molecule has 0 aromatic carbocycles. The van der Waals surface area contributed by atoms with Gasteiger partial charge in [0.2, 0.25) is 11.8 Å². The molecule has 0 radical (unpaired) electrons. The standard InChI is InChI=1S/C18H23F2N5O3/c1-17(7-9-22-15(17)27)16(28)25-24-14(26)12-5-3-8-21-13(12)23-11-4-2-6-18(19,20)10-11/h3,5,8,11H,2,4,6-7,9-10H2,1H3,(H,21,23)(H,22,27)(H,24,26)(H,25,28). The first kappa shape index (κ1) is 20.0. The van der Waals surface area contributed by atoms with E-state index in [1.165, 1.54) is 25.3 Å². The molecule has 1 saturated heterocycles. The van der Waals surface area contributed by atoms with Crippen LogP contribution in [-0.2, 0) is 9.59 Å². The third-order valence-corrected chi connectivity index (χ3v) is 5.24. The zero-order chi connectivity index (χ0) is 20.4. The van der Waals surface area contributed by atoms with Gasteiger partial charge in [0.05, 0.1) is 5.56 Å². The van der Waals surface area contributed by atoms with Crippen molar-refractivity contribution in [2.75, 3.05) is 11.9 Å². The minimum atomic E-state index is -2.74. The van der Waals surface area contributed by atoms with Crippen molar-refractivity contribution in [3.8, 4) is 0 Å². The molecule has 1 aromatic rings. The van der Waals surface area contributed by atoms with E-state index < -0.39 is 35.1 Å². The highest BCUT2D eigenvalue weighted by Crippen LogP contribution is 2.34. The SMILES string of the molecule is CC1(C(=O)NNC(=O)c2cccnc2NC2CCCC(F)(F)C2)CCNC1=O. The number of anilines is 1. The number of hydrazine groups is 1. The summed E-state index contributed by atoms with van der Waals surface area (Å²) in [6, 6.07) is 2.51. The normalized spacial score (nSPS) is 26.2. The van der Waals surface area contributed by atoms with Crippen LogP contribution in [0.4, 0.5) is 14.6 Å². The van der Waals surface area contributed by atoms with Crippen LogP contribution < -0.4 is 21.5 Å². The molecule has 0 bridgehead atoms. The van der Waals surface area contributed by atoms with E-state index in [-0.39, 0.29) is 24.2 Å². The maximum absolute atomic E-state index is 13.6. The van der Waals surface area contributed by atoms with Crippen molar-refractivity contribution >= 4 is 23.5 Å². The molecular formula is C18H23F2N5O3. The van der Waals surface area contributed by atoms with Gasteiger partial charge in [0.15, 0.2) is 0 Å². The van der Waals surface area contributed by atoms with Crippen molar-refractivity contribution in [2.24, 2.45) is 5.41 Å². The van der Waals surface area contributed by atoms with E-state index in [9.17, 15) is 23.2 Å². The fourth-order valence-corrected chi connectivity index (χ4v) is 3.46. The molecule has 1 aliphatic heterocycles. The Morgan fingerprint density at radius 3 is 2.75 bits per heavy atom. The second-order valence-corrected chi connectivity index (χ2v) is 7.44. The summed E-state index contributed by atoms with van der Waals surface area (Å²) in [5.41, 5.74) is 3.39. The molecule has 2 atom stereocenters. The van der Waals surface area contributed by atoms with E-state index >= 15 is 0 Å². The first-order valence-electron chi connectivity index (χ1n) is 9.20. The number of rotatable bonds is 4. The van der Waals surface area contributed by atoms with Crippen LogP contribution in [-0.4, -0.2) is 41.2 Å². The Bertz CT molecular complexity index is 788. The average molecular weight is 395 g/mol. The summed E-state index contributed by atoms with van der Waals surface area (Å²) < 4.78 is 27.2. The van der Waals surface area contributed by atoms with E-state index in [0.717, 1.165) is 0 Å². The van der Waals surface area contributed by atoms with Gasteiger partial charge in [-0.05, 0) is 38.3 Å². The molecule has 8 nitrogen and oxygen atoms in total. The van der Waals surface area contributed by atoms with Crippen LogP contribution in [0, 0.1) is 5.41 Å². The lowest BCUT2D eigenvalue weighted by Crippen LogP contribution is -2.51. The van der Waals surface area contributed by atoms with E-state index in [4.69, 9.17) is 0 Å². The van der Waals surface area contributed by atoms with Crippen molar-refractivity contribution in [2.45, 2.75) is 51.0 Å². The summed E-state index contributed by atoms with van der Waals surface area (Å²) in [6.07, 6.45) is 2.24. The molecule has 10 heteroatoms. The molecule has 2 unspecified atom stereocenters. The number of nitrogens with zero attached hydrogens (tertiary/aromatic N) is 1. The minimum Gasteiger partial charge on any atom is -0.366 e. The van der Waals surface area contributed by atoms with Gasteiger partial charge >= 0.3 is 0 Å². The molecule has 0 spiro atoms. The van der Waals surface area contributed by atoms with Gasteiger partial charge in [0.1, 0.15) is 11.2 Å². The number of alkyl halides is 2. The molecule has 2 fully saturated rings. The van der Waals surface area contributed by atoms with Crippen LogP contribution in [0.5, 0.6) is 0 Å². The number of carbonyl (C=O) groups is 3. The molecule has 2 aliphatic rings.